The van der Waals surface area contributed by atoms with Gasteiger partial charge < -0.3 is 20.7 Å². The highest BCUT2D eigenvalue weighted by atomic mass is 35.5. The van der Waals surface area contributed by atoms with Gasteiger partial charge in [0.1, 0.15) is 11.9 Å². The quantitative estimate of drug-likeness (QED) is 0.248. The molecule has 242 valence electrons. The Hall–Kier alpha value is -3.51. The summed E-state index contributed by atoms with van der Waals surface area (Å²) in [5, 5.41) is 9.26. The maximum absolute atomic E-state index is 15.4. The van der Waals surface area contributed by atoms with Crippen LogP contribution in [-0.2, 0) is 26.0 Å². The number of nitrogens with one attached hydrogen (secondary N) is 3. The van der Waals surface area contributed by atoms with E-state index in [1.807, 2.05) is 26.8 Å². The molecule has 45 heavy (non-hydrogen) atoms. The average molecular weight is 659 g/mol. The zero-order valence-corrected chi connectivity index (χ0v) is 27.4. The number of alkyl carbamates (subject to hydrolysis) is 1. The minimum absolute atomic E-state index is 0.110. The molecule has 3 aromatic rings. The van der Waals surface area contributed by atoms with Gasteiger partial charge in [-0.05, 0) is 67.6 Å². The van der Waals surface area contributed by atoms with Crippen LogP contribution in [0.1, 0.15) is 44.2 Å². The van der Waals surface area contributed by atoms with Gasteiger partial charge in [0.05, 0.1) is 12.0 Å². The zero-order chi connectivity index (χ0) is 32.7. The number of sulfonamides is 1. The van der Waals surface area contributed by atoms with E-state index in [9.17, 15) is 18.0 Å². The molecule has 0 aliphatic carbocycles. The fourth-order valence-corrected chi connectivity index (χ4v) is 8.07. The van der Waals surface area contributed by atoms with Crippen LogP contribution >= 0.6 is 11.6 Å². The minimum Gasteiger partial charge on any atom is -0.453 e. The molecule has 0 radical (unpaired) electrons. The van der Waals surface area contributed by atoms with Crippen LogP contribution in [0.3, 0.4) is 0 Å². The second kappa shape index (κ2) is 15.2. The summed E-state index contributed by atoms with van der Waals surface area (Å²) in [6.07, 6.45) is -0.339. The number of methoxy groups -OCH3 is 1. The predicted octanol–water partition coefficient (Wildman–Crippen LogP) is 5.57. The molecule has 1 aliphatic heterocycles. The summed E-state index contributed by atoms with van der Waals surface area (Å²) < 4.78 is 49.0. The van der Waals surface area contributed by atoms with E-state index in [4.69, 9.17) is 16.3 Å². The number of piperazine rings is 1. The molecule has 1 unspecified atom stereocenters. The van der Waals surface area contributed by atoms with Crippen LogP contribution < -0.4 is 16.0 Å². The first-order chi connectivity index (χ1) is 21.4. The van der Waals surface area contributed by atoms with Gasteiger partial charge in [-0.2, -0.15) is 4.31 Å². The predicted molar refractivity (Wildman–Crippen MR) is 173 cm³/mol. The van der Waals surface area contributed by atoms with E-state index < -0.39 is 45.8 Å². The van der Waals surface area contributed by atoms with Crippen molar-refractivity contribution in [3.63, 3.8) is 0 Å². The Morgan fingerprint density at radius 2 is 1.78 bits per heavy atom. The third-order valence-electron chi connectivity index (χ3n) is 8.09. The van der Waals surface area contributed by atoms with Gasteiger partial charge >= 0.3 is 6.09 Å². The number of carbonyl (C=O) groups is 2. The number of hydrogen-bond donors (Lipinski definition) is 3. The van der Waals surface area contributed by atoms with E-state index in [-0.39, 0.29) is 34.5 Å². The highest BCUT2D eigenvalue weighted by molar-refractivity contribution is 7.89. The molecule has 4 rings (SSSR count). The van der Waals surface area contributed by atoms with Gasteiger partial charge in [-0.15, -0.1) is 0 Å². The molecule has 0 bridgehead atoms. The zero-order valence-electron chi connectivity index (χ0n) is 25.8. The van der Waals surface area contributed by atoms with E-state index in [0.717, 1.165) is 5.56 Å². The maximum Gasteiger partial charge on any atom is 0.407 e. The van der Waals surface area contributed by atoms with Crippen molar-refractivity contribution in [3.8, 4) is 0 Å². The van der Waals surface area contributed by atoms with Crippen molar-refractivity contribution < 1.29 is 27.1 Å². The van der Waals surface area contributed by atoms with Gasteiger partial charge in [-0.3, -0.25) is 4.79 Å². The lowest BCUT2D eigenvalue weighted by molar-refractivity contribution is -0.118. The summed E-state index contributed by atoms with van der Waals surface area (Å²) in [6.45, 7) is 6.57. The number of anilines is 1. The van der Waals surface area contributed by atoms with Crippen LogP contribution in [0.2, 0.25) is 5.02 Å². The lowest BCUT2D eigenvalue weighted by atomic mass is 9.82. The Balaban J connectivity index is 1.61. The van der Waals surface area contributed by atoms with Crippen molar-refractivity contribution in [2.75, 3.05) is 25.5 Å². The molecule has 12 heteroatoms. The number of carbonyl (C=O) groups excluding carboxylic acids is 2. The summed E-state index contributed by atoms with van der Waals surface area (Å²) >= 11 is 6.26. The Kier molecular flexibility index (Phi) is 11.6. The molecule has 1 aliphatic rings. The fraction of sp³-hybridized carbons (Fsp3) is 0.394. The van der Waals surface area contributed by atoms with Crippen LogP contribution in [-0.4, -0.2) is 63.0 Å². The number of hydrogen-bond acceptors (Lipinski definition) is 6. The number of benzene rings is 3. The highest BCUT2D eigenvalue weighted by Crippen LogP contribution is 2.32. The molecule has 1 saturated heterocycles. The van der Waals surface area contributed by atoms with Crippen LogP contribution in [0.4, 0.5) is 14.9 Å². The van der Waals surface area contributed by atoms with Crippen LogP contribution in [0.15, 0.2) is 77.7 Å². The smallest absolute Gasteiger partial charge is 0.407 e. The molecule has 2 amide bonds. The minimum atomic E-state index is -3.81. The summed E-state index contributed by atoms with van der Waals surface area (Å²) in [5.41, 5.74) is 1.22. The SMILES string of the molecule is COC(=O)N[C@H](C(=O)Nc1cccc(F)c1CC[C@H]1CNC[C@@H](C)N1S(=O)(=O)c1ccccc1)C(c1cccc(Cl)c1)C(C)C. The fourth-order valence-electron chi connectivity index (χ4n) is 6.01. The number of nitrogens with zero attached hydrogens (tertiary/aromatic N) is 1. The molecule has 1 heterocycles. The van der Waals surface area contributed by atoms with Gasteiger partial charge in [0.15, 0.2) is 0 Å². The first-order valence-electron chi connectivity index (χ1n) is 14.9. The molecule has 9 nitrogen and oxygen atoms in total. The molecule has 0 spiro atoms. The van der Waals surface area contributed by atoms with Crippen molar-refractivity contribution in [1.82, 2.24) is 14.9 Å². The molecule has 0 saturated carbocycles. The Morgan fingerprint density at radius 1 is 1.07 bits per heavy atom. The van der Waals surface area contributed by atoms with E-state index >= 15 is 4.39 Å². The molecule has 1 fully saturated rings. The standard InChI is InChI=1S/C33H40ClFN4O5S/c1-21(2)30(23-10-8-11-24(34)18-23)31(38-33(41)44-4)32(40)37-29-15-9-14-28(35)27(29)17-16-25-20-36-19-22(3)39(25)45(42,43)26-12-6-5-7-13-26/h5-15,18,21-22,25,30-31,36H,16-17,19-20H2,1-4H3,(H,37,40)(H,38,41)/t22-,25+,30?,31+/m1/s1. The molecule has 3 aromatic carbocycles. The van der Waals surface area contributed by atoms with Crippen molar-refractivity contribution in [1.29, 1.82) is 0 Å². The third-order valence-corrected chi connectivity index (χ3v) is 10.4. The topological polar surface area (TPSA) is 117 Å². The van der Waals surface area contributed by atoms with E-state index in [2.05, 4.69) is 16.0 Å². The van der Waals surface area contributed by atoms with Crippen molar-refractivity contribution in [2.45, 2.75) is 62.6 Å². The Labute approximate surface area is 269 Å². The molecular formula is C33H40ClFN4O5S. The lowest BCUT2D eigenvalue weighted by Crippen LogP contribution is -2.58. The number of halogens is 2. The van der Waals surface area contributed by atoms with Crippen molar-refractivity contribution >= 4 is 39.3 Å². The molecule has 4 atom stereocenters. The van der Waals surface area contributed by atoms with Crippen molar-refractivity contribution in [2.24, 2.45) is 5.92 Å². The summed E-state index contributed by atoms with van der Waals surface area (Å²) in [6, 6.07) is 17.9. The first kappa shape index (κ1) is 34.4. The normalized spacial score (nSPS) is 18.6. The first-order valence-corrected chi connectivity index (χ1v) is 16.7. The third kappa shape index (κ3) is 8.21. The lowest BCUT2D eigenvalue weighted by Gasteiger charge is -2.40. The molecular weight excluding hydrogens is 619 g/mol. The second-order valence-corrected chi connectivity index (χ2v) is 13.8. The van der Waals surface area contributed by atoms with E-state index in [0.29, 0.717) is 24.5 Å². The number of ether oxygens (including phenoxy) is 1. The molecule has 3 N–H and O–H groups in total. The van der Waals surface area contributed by atoms with Gasteiger partial charge in [0.2, 0.25) is 15.9 Å². The average Bonchev–Trinajstić information content (AvgIpc) is 3.00. The Morgan fingerprint density at radius 3 is 2.44 bits per heavy atom. The summed E-state index contributed by atoms with van der Waals surface area (Å²) in [4.78, 5) is 26.5. The van der Waals surface area contributed by atoms with Gasteiger partial charge in [0, 0.05) is 47.4 Å². The van der Waals surface area contributed by atoms with E-state index in [1.54, 1.807) is 54.6 Å². The number of amides is 2. The second-order valence-electron chi connectivity index (χ2n) is 11.5. The summed E-state index contributed by atoms with van der Waals surface area (Å²) in [5.74, 6) is -1.70. The summed E-state index contributed by atoms with van der Waals surface area (Å²) in [7, 11) is -2.60. The maximum atomic E-state index is 15.4. The number of rotatable bonds is 11. The van der Waals surface area contributed by atoms with Gasteiger partial charge in [0.25, 0.3) is 0 Å². The Bertz CT molecular complexity index is 1590. The van der Waals surface area contributed by atoms with Crippen LogP contribution in [0.5, 0.6) is 0 Å². The van der Waals surface area contributed by atoms with Gasteiger partial charge in [-0.1, -0.05) is 61.8 Å². The van der Waals surface area contributed by atoms with Crippen molar-refractivity contribution in [3.05, 3.63) is 94.8 Å². The largest absolute Gasteiger partial charge is 0.453 e. The monoisotopic (exact) mass is 658 g/mol. The molecule has 0 aromatic heterocycles. The van der Waals surface area contributed by atoms with E-state index in [1.165, 1.54) is 23.5 Å². The van der Waals surface area contributed by atoms with Gasteiger partial charge in [-0.25, -0.2) is 17.6 Å². The highest BCUT2D eigenvalue weighted by Gasteiger charge is 2.38. The van der Waals surface area contributed by atoms with Crippen LogP contribution in [0.25, 0.3) is 0 Å². The van der Waals surface area contributed by atoms with Crippen LogP contribution in [0, 0.1) is 11.7 Å².